The van der Waals surface area contributed by atoms with E-state index in [1.165, 1.54) is 12.8 Å². The van der Waals surface area contributed by atoms with Gasteiger partial charge in [0.2, 0.25) is 0 Å². The summed E-state index contributed by atoms with van der Waals surface area (Å²) in [6.45, 7) is 2.84. The second-order valence-corrected chi connectivity index (χ2v) is 6.22. The van der Waals surface area contributed by atoms with Gasteiger partial charge in [-0.15, -0.1) is 0 Å². The summed E-state index contributed by atoms with van der Waals surface area (Å²) < 4.78 is 6.61. The molecule has 0 aromatic heterocycles. The molecule has 0 atom stereocenters. The first-order valence-corrected chi connectivity index (χ1v) is 7.83. The zero-order valence-corrected chi connectivity index (χ0v) is 12.5. The van der Waals surface area contributed by atoms with Crippen molar-refractivity contribution < 1.29 is 4.74 Å². The van der Waals surface area contributed by atoms with Crippen molar-refractivity contribution in [2.24, 2.45) is 0 Å². The number of thioether (sulfide) groups is 1. The Kier molecular flexibility index (Phi) is 5.60. The normalized spacial score (nSPS) is 14.8. The SMILES string of the molecule is S=C(SCCOc1ccccc1Cl)N1CCCC1. The van der Waals surface area contributed by atoms with E-state index in [-0.39, 0.29) is 0 Å². The molecule has 98 valence electrons. The molecular formula is C13H16ClNOS2. The minimum Gasteiger partial charge on any atom is -0.491 e. The smallest absolute Gasteiger partial charge is 0.137 e. The summed E-state index contributed by atoms with van der Waals surface area (Å²) in [5.74, 6) is 1.60. The van der Waals surface area contributed by atoms with Gasteiger partial charge in [0.15, 0.2) is 0 Å². The molecule has 0 spiro atoms. The van der Waals surface area contributed by atoms with Crippen LogP contribution in [0.1, 0.15) is 12.8 Å². The Morgan fingerprint density at radius 3 is 2.78 bits per heavy atom. The molecule has 1 saturated heterocycles. The van der Waals surface area contributed by atoms with Crippen LogP contribution in [0.15, 0.2) is 24.3 Å². The molecule has 0 N–H and O–H groups in total. The number of nitrogens with zero attached hydrogens (tertiary/aromatic N) is 1. The van der Waals surface area contributed by atoms with Crippen molar-refractivity contribution >= 4 is 39.9 Å². The number of para-hydroxylation sites is 1. The van der Waals surface area contributed by atoms with E-state index in [9.17, 15) is 0 Å². The first kappa shape index (κ1) is 14.0. The van der Waals surface area contributed by atoms with Crippen molar-refractivity contribution in [2.45, 2.75) is 12.8 Å². The van der Waals surface area contributed by atoms with E-state index >= 15 is 0 Å². The van der Waals surface area contributed by atoms with E-state index in [0.717, 1.165) is 28.9 Å². The highest BCUT2D eigenvalue weighted by atomic mass is 35.5. The van der Waals surface area contributed by atoms with Gasteiger partial charge < -0.3 is 9.64 Å². The van der Waals surface area contributed by atoms with Crippen LogP contribution in [0.2, 0.25) is 5.02 Å². The third-order valence-corrected chi connectivity index (χ3v) is 4.57. The van der Waals surface area contributed by atoms with Gasteiger partial charge in [0.25, 0.3) is 0 Å². The predicted octanol–water partition coefficient (Wildman–Crippen LogP) is 3.83. The van der Waals surface area contributed by atoms with Gasteiger partial charge in [-0.2, -0.15) is 0 Å². The Morgan fingerprint density at radius 2 is 2.06 bits per heavy atom. The molecule has 5 heteroatoms. The van der Waals surface area contributed by atoms with E-state index in [1.807, 2.05) is 24.3 Å². The lowest BCUT2D eigenvalue weighted by molar-refractivity contribution is 0.344. The van der Waals surface area contributed by atoms with Gasteiger partial charge >= 0.3 is 0 Å². The van der Waals surface area contributed by atoms with Crippen molar-refractivity contribution in [3.05, 3.63) is 29.3 Å². The van der Waals surface area contributed by atoms with Crippen molar-refractivity contribution in [1.82, 2.24) is 4.90 Å². The van der Waals surface area contributed by atoms with Gasteiger partial charge in [-0.25, -0.2) is 0 Å². The summed E-state index contributed by atoms with van der Waals surface area (Å²) in [6, 6.07) is 7.53. The van der Waals surface area contributed by atoms with Crippen LogP contribution in [0.5, 0.6) is 5.75 Å². The molecule has 1 aromatic carbocycles. The Bertz CT molecular complexity index is 408. The first-order chi connectivity index (χ1) is 8.77. The quantitative estimate of drug-likeness (QED) is 0.618. The summed E-state index contributed by atoms with van der Waals surface area (Å²) in [5.41, 5.74) is 0. The van der Waals surface area contributed by atoms with Gasteiger partial charge in [0.05, 0.1) is 11.6 Å². The fourth-order valence-corrected chi connectivity index (χ4v) is 3.16. The largest absolute Gasteiger partial charge is 0.491 e. The number of ether oxygens (including phenoxy) is 1. The molecule has 0 aliphatic carbocycles. The first-order valence-electron chi connectivity index (χ1n) is 6.06. The number of benzene rings is 1. The molecule has 1 aliphatic rings. The molecule has 1 aliphatic heterocycles. The van der Waals surface area contributed by atoms with E-state index in [1.54, 1.807) is 11.8 Å². The summed E-state index contributed by atoms with van der Waals surface area (Å²) >= 11 is 13.1. The molecule has 0 bridgehead atoms. The number of thiocarbonyl (C=S) groups is 1. The Labute approximate surface area is 123 Å². The zero-order chi connectivity index (χ0) is 12.8. The van der Waals surface area contributed by atoms with Gasteiger partial charge in [-0.1, -0.05) is 47.7 Å². The molecule has 0 amide bonds. The average Bonchev–Trinajstić information content (AvgIpc) is 2.90. The van der Waals surface area contributed by atoms with Crippen molar-refractivity contribution in [3.8, 4) is 5.75 Å². The maximum atomic E-state index is 6.00. The van der Waals surface area contributed by atoms with Crippen LogP contribution in [-0.2, 0) is 0 Å². The number of likely N-dealkylation sites (tertiary alicyclic amines) is 1. The van der Waals surface area contributed by atoms with E-state index in [2.05, 4.69) is 4.90 Å². The van der Waals surface area contributed by atoms with E-state index in [4.69, 9.17) is 28.6 Å². The third kappa shape index (κ3) is 4.04. The Balaban J connectivity index is 1.67. The van der Waals surface area contributed by atoms with Gasteiger partial charge in [-0.05, 0) is 25.0 Å². The lowest BCUT2D eigenvalue weighted by Gasteiger charge is -2.17. The maximum absolute atomic E-state index is 6.00. The van der Waals surface area contributed by atoms with Crippen molar-refractivity contribution in [2.75, 3.05) is 25.4 Å². The fourth-order valence-electron chi connectivity index (χ4n) is 1.83. The molecular weight excluding hydrogens is 286 g/mol. The summed E-state index contributed by atoms with van der Waals surface area (Å²) in [6.07, 6.45) is 2.52. The Hall–Kier alpha value is -0.450. The summed E-state index contributed by atoms with van der Waals surface area (Å²) in [4.78, 5) is 2.27. The number of rotatable bonds is 4. The molecule has 18 heavy (non-hydrogen) atoms. The summed E-state index contributed by atoms with van der Waals surface area (Å²) in [5, 5.41) is 0.657. The minimum atomic E-state index is 0.627. The molecule has 2 rings (SSSR count). The molecule has 2 nitrogen and oxygen atoms in total. The minimum absolute atomic E-state index is 0.627. The highest BCUT2D eigenvalue weighted by Gasteiger charge is 2.14. The molecule has 0 radical (unpaired) electrons. The number of hydrogen-bond donors (Lipinski definition) is 0. The molecule has 1 fully saturated rings. The van der Waals surface area contributed by atoms with Crippen LogP contribution in [0, 0.1) is 0 Å². The molecule has 0 unspecified atom stereocenters. The van der Waals surface area contributed by atoms with Crippen molar-refractivity contribution in [3.63, 3.8) is 0 Å². The lowest BCUT2D eigenvalue weighted by atomic mass is 10.3. The lowest BCUT2D eigenvalue weighted by Crippen LogP contribution is -2.24. The van der Waals surface area contributed by atoms with Gasteiger partial charge in [-0.3, -0.25) is 0 Å². The predicted molar refractivity (Wildman–Crippen MR) is 82.8 cm³/mol. The second kappa shape index (κ2) is 7.22. The fraction of sp³-hybridized carbons (Fsp3) is 0.462. The third-order valence-electron chi connectivity index (χ3n) is 2.77. The summed E-state index contributed by atoms with van der Waals surface area (Å²) in [7, 11) is 0. The molecule has 0 saturated carbocycles. The van der Waals surface area contributed by atoms with Crippen LogP contribution in [0.3, 0.4) is 0 Å². The monoisotopic (exact) mass is 301 g/mol. The van der Waals surface area contributed by atoms with Crippen LogP contribution >= 0.6 is 35.6 Å². The zero-order valence-electron chi connectivity index (χ0n) is 10.1. The van der Waals surface area contributed by atoms with E-state index in [0.29, 0.717) is 11.6 Å². The average molecular weight is 302 g/mol. The van der Waals surface area contributed by atoms with E-state index < -0.39 is 0 Å². The van der Waals surface area contributed by atoms with Crippen LogP contribution in [0.25, 0.3) is 0 Å². The van der Waals surface area contributed by atoms with Crippen molar-refractivity contribution in [1.29, 1.82) is 0 Å². The van der Waals surface area contributed by atoms with Crippen LogP contribution in [0.4, 0.5) is 0 Å². The number of hydrogen-bond acceptors (Lipinski definition) is 3. The maximum Gasteiger partial charge on any atom is 0.137 e. The van der Waals surface area contributed by atoms with Gasteiger partial charge in [0, 0.05) is 18.8 Å². The highest BCUT2D eigenvalue weighted by molar-refractivity contribution is 8.22. The van der Waals surface area contributed by atoms with Gasteiger partial charge in [0.1, 0.15) is 10.1 Å². The standard InChI is InChI=1S/C13H16ClNOS2/c14-11-5-1-2-6-12(11)16-9-10-18-13(17)15-7-3-4-8-15/h1-2,5-6H,3-4,7-10H2. The number of halogens is 1. The molecule has 1 heterocycles. The highest BCUT2D eigenvalue weighted by Crippen LogP contribution is 2.23. The Morgan fingerprint density at radius 1 is 1.33 bits per heavy atom. The molecule has 1 aromatic rings. The topological polar surface area (TPSA) is 12.5 Å². The van der Waals surface area contributed by atoms with Crippen LogP contribution < -0.4 is 4.74 Å². The second-order valence-electron chi connectivity index (χ2n) is 4.09. The van der Waals surface area contributed by atoms with Crippen LogP contribution in [-0.4, -0.2) is 34.7 Å².